The van der Waals surface area contributed by atoms with E-state index >= 15 is 0 Å². The highest BCUT2D eigenvalue weighted by molar-refractivity contribution is 5.85. The summed E-state index contributed by atoms with van der Waals surface area (Å²) in [6, 6.07) is 2.30. The van der Waals surface area contributed by atoms with Crippen LogP contribution in [0.3, 0.4) is 0 Å². The Kier molecular flexibility index (Phi) is 5.42. The standard InChI is InChI=1S/C18H29N5O2/c1-14(2)21-15-11-16(20-13-19-15)23-8-6-18(12-23)5-4-7-22(17(18)24)9-10-25-3/h11,13-14H,4-10,12H2,1-3H3,(H,19,20,21)/t18-/m0/s1. The van der Waals surface area contributed by atoms with Gasteiger partial charge in [0, 0.05) is 45.4 Å². The smallest absolute Gasteiger partial charge is 0.230 e. The van der Waals surface area contributed by atoms with Crippen LogP contribution in [0.1, 0.15) is 33.1 Å². The van der Waals surface area contributed by atoms with Crippen LogP contribution in [0.15, 0.2) is 12.4 Å². The van der Waals surface area contributed by atoms with Crippen LogP contribution in [0.4, 0.5) is 11.6 Å². The van der Waals surface area contributed by atoms with Gasteiger partial charge in [0.25, 0.3) is 0 Å². The van der Waals surface area contributed by atoms with Gasteiger partial charge in [0.2, 0.25) is 5.91 Å². The topological polar surface area (TPSA) is 70.6 Å². The fraction of sp³-hybridized carbons (Fsp3) is 0.722. The van der Waals surface area contributed by atoms with Gasteiger partial charge in [-0.1, -0.05) is 0 Å². The molecule has 3 heterocycles. The van der Waals surface area contributed by atoms with Gasteiger partial charge in [0.15, 0.2) is 0 Å². The molecule has 0 radical (unpaired) electrons. The molecule has 0 unspecified atom stereocenters. The van der Waals surface area contributed by atoms with Crippen LogP contribution >= 0.6 is 0 Å². The predicted octanol–water partition coefficient (Wildman–Crippen LogP) is 1.76. The number of nitrogens with one attached hydrogen (secondary N) is 1. The first-order valence-corrected chi connectivity index (χ1v) is 9.16. The van der Waals surface area contributed by atoms with Crippen molar-refractivity contribution in [3.63, 3.8) is 0 Å². The lowest BCUT2D eigenvalue weighted by atomic mass is 9.78. The Morgan fingerprint density at radius 1 is 1.32 bits per heavy atom. The molecular weight excluding hydrogens is 318 g/mol. The molecule has 0 aromatic carbocycles. The van der Waals surface area contributed by atoms with Crippen LogP contribution in [0.25, 0.3) is 0 Å². The molecule has 1 aromatic rings. The lowest BCUT2D eigenvalue weighted by Crippen LogP contribution is -2.51. The number of ether oxygens (including phenoxy) is 1. The maximum atomic E-state index is 13.0. The van der Waals surface area contributed by atoms with Crippen molar-refractivity contribution in [3.8, 4) is 0 Å². The summed E-state index contributed by atoms with van der Waals surface area (Å²) in [5.74, 6) is 2.02. The van der Waals surface area contributed by atoms with E-state index in [-0.39, 0.29) is 11.3 Å². The number of nitrogens with zero attached hydrogens (tertiary/aromatic N) is 4. The molecule has 7 nitrogen and oxygen atoms in total. The molecular formula is C18H29N5O2. The molecule has 1 aromatic heterocycles. The molecule has 138 valence electrons. The van der Waals surface area contributed by atoms with Crippen LogP contribution in [-0.4, -0.2) is 66.7 Å². The Morgan fingerprint density at radius 3 is 2.92 bits per heavy atom. The van der Waals surface area contributed by atoms with Gasteiger partial charge < -0.3 is 19.9 Å². The molecule has 1 N–H and O–H groups in total. The lowest BCUT2D eigenvalue weighted by molar-refractivity contribution is -0.145. The first kappa shape index (κ1) is 17.9. The molecule has 3 rings (SSSR count). The summed E-state index contributed by atoms with van der Waals surface area (Å²) in [6.45, 7) is 7.91. The molecule has 2 saturated heterocycles. The van der Waals surface area contributed by atoms with Gasteiger partial charge in [0.05, 0.1) is 12.0 Å². The predicted molar refractivity (Wildman–Crippen MR) is 97.7 cm³/mol. The summed E-state index contributed by atoms with van der Waals surface area (Å²) in [4.78, 5) is 26.0. The summed E-state index contributed by atoms with van der Waals surface area (Å²) >= 11 is 0. The summed E-state index contributed by atoms with van der Waals surface area (Å²) < 4.78 is 5.15. The number of hydrogen-bond donors (Lipinski definition) is 1. The highest BCUT2D eigenvalue weighted by Crippen LogP contribution is 2.41. The number of aromatic nitrogens is 2. The van der Waals surface area contributed by atoms with Gasteiger partial charge >= 0.3 is 0 Å². The van der Waals surface area contributed by atoms with Gasteiger partial charge in [-0.3, -0.25) is 4.79 Å². The minimum Gasteiger partial charge on any atom is -0.383 e. The molecule has 1 spiro atoms. The Balaban J connectivity index is 1.71. The number of piperidine rings is 1. The van der Waals surface area contributed by atoms with E-state index in [0.29, 0.717) is 19.2 Å². The number of carbonyl (C=O) groups excluding carboxylic acids is 1. The average Bonchev–Trinajstić information content (AvgIpc) is 3.01. The summed E-state index contributed by atoms with van der Waals surface area (Å²) in [5, 5.41) is 3.31. The van der Waals surface area contributed by atoms with Crippen LogP contribution in [0.2, 0.25) is 0 Å². The van der Waals surface area contributed by atoms with Crippen LogP contribution in [0.5, 0.6) is 0 Å². The highest BCUT2D eigenvalue weighted by Gasteiger charge is 2.48. The minimum atomic E-state index is -0.261. The third-order valence-electron chi connectivity index (χ3n) is 5.16. The number of carbonyl (C=O) groups is 1. The third kappa shape index (κ3) is 3.86. The van der Waals surface area contributed by atoms with E-state index in [0.717, 1.165) is 50.5 Å². The molecule has 0 bridgehead atoms. The number of amides is 1. The first-order chi connectivity index (χ1) is 12.0. The lowest BCUT2D eigenvalue weighted by Gasteiger charge is -2.39. The van der Waals surface area contributed by atoms with E-state index in [9.17, 15) is 4.79 Å². The van der Waals surface area contributed by atoms with Crippen molar-refractivity contribution in [2.24, 2.45) is 5.41 Å². The second kappa shape index (κ2) is 7.56. The summed E-state index contributed by atoms with van der Waals surface area (Å²) in [7, 11) is 1.68. The number of likely N-dealkylation sites (tertiary alicyclic amines) is 1. The highest BCUT2D eigenvalue weighted by atomic mass is 16.5. The Bertz CT molecular complexity index is 609. The molecule has 0 saturated carbocycles. The van der Waals surface area contributed by atoms with Crippen molar-refractivity contribution in [2.45, 2.75) is 39.2 Å². The zero-order chi connectivity index (χ0) is 17.9. The second-order valence-electron chi connectivity index (χ2n) is 7.40. The van der Waals surface area contributed by atoms with Crippen molar-refractivity contribution < 1.29 is 9.53 Å². The fourth-order valence-corrected chi connectivity index (χ4v) is 3.91. The maximum Gasteiger partial charge on any atom is 0.230 e. The normalized spacial score (nSPS) is 23.8. The van der Waals surface area contributed by atoms with Crippen molar-refractivity contribution >= 4 is 17.5 Å². The number of rotatable bonds is 6. The summed E-state index contributed by atoms with van der Waals surface area (Å²) in [6.07, 6.45) is 4.52. The molecule has 1 atom stereocenters. The van der Waals surface area contributed by atoms with Gasteiger partial charge in [-0.2, -0.15) is 0 Å². The van der Waals surface area contributed by atoms with E-state index in [1.807, 2.05) is 11.0 Å². The van der Waals surface area contributed by atoms with Crippen molar-refractivity contribution in [3.05, 3.63) is 12.4 Å². The molecule has 2 aliphatic rings. The zero-order valence-corrected chi connectivity index (χ0v) is 15.5. The van der Waals surface area contributed by atoms with Crippen LogP contribution in [-0.2, 0) is 9.53 Å². The molecule has 0 aliphatic carbocycles. The third-order valence-corrected chi connectivity index (χ3v) is 5.16. The molecule has 25 heavy (non-hydrogen) atoms. The van der Waals surface area contributed by atoms with E-state index in [2.05, 4.69) is 34.0 Å². The minimum absolute atomic E-state index is 0.261. The molecule has 7 heteroatoms. The Labute approximate surface area is 149 Å². The SMILES string of the molecule is COCCN1CCC[C@@]2(CCN(c3cc(NC(C)C)ncn3)C2)C1=O. The number of methoxy groups -OCH3 is 1. The van der Waals surface area contributed by atoms with Crippen molar-refractivity contribution in [1.29, 1.82) is 0 Å². The largest absolute Gasteiger partial charge is 0.383 e. The Morgan fingerprint density at radius 2 is 2.16 bits per heavy atom. The van der Waals surface area contributed by atoms with E-state index < -0.39 is 0 Å². The quantitative estimate of drug-likeness (QED) is 0.846. The van der Waals surface area contributed by atoms with Crippen molar-refractivity contribution in [1.82, 2.24) is 14.9 Å². The van der Waals surface area contributed by atoms with E-state index in [1.54, 1.807) is 13.4 Å². The van der Waals surface area contributed by atoms with Crippen LogP contribution in [0, 0.1) is 5.41 Å². The molecule has 1 amide bonds. The van der Waals surface area contributed by atoms with E-state index in [1.165, 1.54) is 0 Å². The number of anilines is 2. The molecule has 2 aliphatic heterocycles. The van der Waals surface area contributed by atoms with Crippen molar-refractivity contribution in [2.75, 3.05) is 50.1 Å². The second-order valence-corrected chi connectivity index (χ2v) is 7.40. The Hall–Kier alpha value is -1.89. The van der Waals surface area contributed by atoms with Gasteiger partial charge in [-0.05, 0) is 33.1 Å². The number of hydrogen-bond acceptors (Lipinski definition) is 6. The maximum absolute atomic E-state index is 13.0. The first-order valence-electron chi connectivity index (χ1n) is 9.16. The molecule has 2 fully saturated rings. The van der Waals surface area contributed by atoms with Gasteiger partial charge in [-0.25, -0.2) is 9.97 Å². The fourth-order valence-electron chi connectivity index (χ4n) is 3.91. The van der Waals surface area contributed by atoms with Crippen LogP contribution < -0.4 is 10.2 Å². The monoisotopic (exact) mass is 347 g/mol. The summed E-state index contributed by atoms with van der Waals surface area (Å²) in [5.41, 5.74) is -0.261. The zero-order valence-electron chi connectivity index (χ0n) is 15.5. The van der Waals surface area contributed by atoms with E-state index in [4.69, 9.17) is 4.74 Å². The average molecular weight is 347 g/mol. The van der Waals surface area contributed by atoms with Gasteiger partial charge in [0.1, 0.15) is 18.0 Å². The van der Waals surface area contributed by atoms with Gasteiger partial charge in [-0.15, -0.1) is 0 Å².